The number of nitrogens with zero attached hydrogens (tertiary/aromatic N) is 2. The molecule has 1 fully saturated rings. The van der Waals surface area contributed by atoms with Crippen LogP contribution in [-0.2, 0) is 0 Å². The van der Waals surface area contributed by atoms with Crippen LogP contribution >= 0.6 is 11.6 Å². The molecular weight excluding hydrogens is 222 g/mol. The van der Waals surface area contributed by atoms with Crippen LogP contribution in [0.5, 0.6) is 0 Å². The fraction of sp³-hybridized carbons (Fsp3) is 0.417. The normalized spacial score (nSPS) is 16.6. The molecule has 0 spiro atoms. The van der Waals surface area contributed by atoms with Gasteiger partial charge in [0.15, 0.2) is 0 Å². The third-order valence-corrected chi connectivity index (χ3v) is 2.99. The summed E-state index contributed by atoms with van der Waals surface area (Å²) in [6, 6.07) is 7.72. The van der Waals surface area contributed by atoms with Crippen LogP contribution < -0.4 is 10.2 Å². The van der Waals surface area contributed by atoms with Gasteiger partial charge in [0.1, 0.15) is 6.07 Å². The van der Waals surface area contributed by atoms with Gasteiger partial charge >= 0.3 is 0 Å². The summed E-state index contributed by atoms with van der Waals surface area (Å²) in [5.41, 5.74) is 1.66. The van der Waals surface area contributed by atoms with E-state index in [0.717, 1.165) is 38.3 Å². The zero-order valence-electron chi connectivity index (χ0n) is 9.04. The Kier molecular flexibility index (Phi) is 3.66. The lowest BCUT2D eigenvalue weighted by atomic mass is 10.1. The average molecular weight is 236 g/mol. The third kappa shape index (κ3) is 2.46. The number of hydrogen-bond acceptors (Lipinski definition) is 3. The second-order valence-electron chi connectivity index (χ2n) is 3.86. The first-order valence-electron chi connectivity index (χ1n) is 5.46. The molecule has 1 aliphatic heterocycles. The molecule has 0 atom stereocenters. The molecule has 1 aromatic rings. The second kappa shape index (κ2) is 5.20. The number of nitriles is 1. The van der Waals surface area contributed by atoms with E-state index in [1.165, 1.54) is 0 Å². The van der Waals surface area contributed by atoms with Crippen molar-refractivity contribution in [3.8, 4) is 6.07 Å². The van der Waals surface area contributed by atoms with E-state index in [1.807, 2.05) is 12.1 Å². The van der Waals surface area contributed by atoms with Crippen molar-refractivity contribution in [3.05, 3.63) is 28.8 Å². The molecule has 2 rings (SSSR count). The minimum atomic E-state index is 0.619. The van der Waals surface area contributed by atoms with Crippen LogP contribution in [0.2, 0.25) is 5.02 Å². The van der Waals surface area contributed by atoms with Crippen molar-refractivity contribution in [3.63, 3.8) is 0 Å². The lowest BCUT2D eigenvalue weighted by Crippen LogP contribution is -2.28. The summed E-state index contributed by atoms with van der Waals surface area (Å²) in [4.78, 5) is 2.24. The Morgan fingerprint density at radius 3 is 3.00 bits per heavy atom. The molecular formula is C12H14ClN3. The molecule has 1 N–H and O–H groups in total. The monoisotopic (exact) mass is 235 g/mol. The van der Waals surface area contributed by atoms with E-state index in [4.69, 9.17) is 16.9 Å². The summed E-state index contributed by atoms with van der Waals surface area (Å²) in [5.74, 6) is 0. The highest BCUT2D eigenvalue weighted by atomic mass is 35.5. The van der Waals surface area contributed by atoms with Gasteiger partial charge in [-0.1, -0.05) is 11.6 Å². The maximum atomic E-state index is 9.09. The highest BCUT2D eigenvalue weighted by molar-refractivity contribution is 6.30. The Morgan fingerprint density at radius 1 is 1.31 bits per heavy atom. The van der Waals surface area contributed by atoms with E-state index >= 15 is 0 Å². The standard InChI is InChI=1S/C12H14ClN3/c13-11-2-3-12(10(8-11)9-14)16-6-1-4-15-5-7-16/h2-3,8,15H,1,4-7H2. The number of rotatable bonds is 1. The highest BCUT2D eigenvalue weighted by Crippen LogP contribution is 2.24. The Hall–Kier alpha value is -1.24. The van der Waals surface area contributed by atoms with Crippen molar-refractivity contribution in [2.75, 3.05) is 31.1 Å². The lowest BCUT2D eigenvalue weighted by molar-refractivity contribution is 0.724. The smallest absolute Gasteiger partial charge is 0.101 e. The van der Waals surface area contributed by atoms with Crippen molar-refractivity contribution in [1.82, 2.24) is 5.32 Å². The summed E-state index contributed by atoms with van der Waals surface area (Å²) in [6.45, 7) is 3.94. The first-order valence-corrected chi connectivity index (χ1v) is 5.84. The molecule has 0 unspecified atom stereocenters. The molecule has 84 valence electrons. The molecule has 0 bridgehead atoms. The van der Waals surface area contributed by atoms with Gasteiger partial charge in [-0.15, -0.1) is 0 Å². The van der Waals surface area contributed by atoms with Crippen molar-refractivity contribution in [2.45, 2.75) is 6.42 Å². The Balaban J connectivity index is 2.28. The van der Waals surface area contributed by atoms with E-state index in [2.05, 4.69) is 16.3 Å². The molecule has 1 aromatic carbocycles. The van der Waals surface area contributed by atoms with Crippen LogP contribution in [0.25, 0.3) is 0 Å². The maximum Gasteiger partial charge on any atom is 0.101 e. The van der Waals surface area contributed by atoms with Gasteiger partial charge in [-0.2, -0.15) is 5.26 Å². The van der Waals surface area contributed by atoms with Crippen LogP contribution in [0.15, 0.2) is 18.2 Å². The molecule has 1 aliphatic rings. The van der Waals surface area contributed by atoms with E-state index in [9.17, 15) is 0 Å². The molecule has 0 aliphatic carbocycles. The van der Waals surface area contributed by atoms with E-state index in [1.54, 1.807) is 6.07 Å². The molecule has 0 saturated carbocycles. The lowest BCUT2D eigenvalue weighted by Gasteiger charge is -2.23. The minimum Gasteiger partial charge on any atom is -0.369 e. The Bertz CT molecular complexity index is 403. The first-order chi connectivity index (χ1) is 7.81. The van der Waals surface area contributed by atoms with Crippen molar-refractivity contribution in [1.29, 1.82) is 5.26 Å². The van der Waals surface area contributed by atoms with Gasteiger partial charge in [0.05, 0.1) is 11.3 Å². The minimum absolute atomic E-state index is 0.619. The number of halogens is 1. The quantitative estimate of drug-likeness (QED) is 0.810. The largest absolute Gasteiger partial charge is 0.369 e. The summed E-state index contributed by atoms with van der Waals surface area (Å²) < 4.78 is 0. The average Bonchev–Trinajstić information content (AvgIpc) is 2.57. The van der Waals surface area contributed by atoms with Crippen LogP contribution in [-0.4, -0.2) is 26.2 Å². The molecule has 0 aromatic heterocycles. The van der Waals surface area contributed by atoms with E-state index in [-0.39, 0.29) is 0 Å². The van der Waals surface area contributed by atoms with Crippen molar-refractivity contribution >= 4 is 17.3 Å². The van der Waals surface area contributed by atoms with Gasteiger partial charge < -0.3 is 10.2 Å². The van der Waals surface area contributed by atoms with Crippen LogP contribution in [0.4, 0.5) is 5.69 Å². The van der Waals surface area contributed by atoms with Gasteiger partial charge in [-0.25, -0.2) is 0 Å². The Labute approximate surface area is 101 Å². The van der Waals surface area contributed by atoms with Gasteiger partial charge in [0.25, 0.3) is 0 Å². The van der Waals surface area contributed by atoms with Crippen molar-refractivity contribution in [2.24, 2.45) is 0 Å². The zero-order chi connectivity index (χ0) is 11.4. The third-order valence-electron chi connectivity index (χ3n) is 2.76. The molecule has 1 heterocycles. The Morgan fingerprint density at radius 2 is 2.19 bits per heavy atom. The topological polar surface area (TPSA) is 39.1 Å². The fourth-order valence-corrected chi connectivity index (χ4v) is 2.13. The molecule has 0 amide bonds. The number of nitrogens with one attached hydrogen (secondary N) is 1. The molecule has 1 saturated heterocycles. The second-order valence-corrected chi connectivity index (χ2v) is 4.30. The van der Waals surface area contributed by atoms with E-state index in [0.29, 0.717) is 10.6 Å². The van der Waals surface area contributed by atoms with Gasteiger partial charge in [-0.05, 0) is 31.2 Å². The summed E-state index contributed by atoms with van der Waals surface area (Å²) in [7, 11) is 0. The summed E-state index contributed by atoms with van der Waals surface area (Å²) >= 11 is 5.88. The molecule has 4 heteroatoms. The van der Waals surface area contributed by atoms with Crippen LogP contribution in [0.1, 0.15) is 12.0 Å². The predicted octanol–water partition coefficient (Wildman–Crippen LogP) is 2.01. The number of anilines is 1. The van der Waals surface area contributed by atoms with Gasteiger partial charge in [0, 0.05) is 24.7 Å². The summed E-state index contributed by atoms with van der Waals surface area (Å²) in [6.07, 6.45) is 1.10. The predicted molar refractivity (Wildman–Crippen MR) is 65.9 cm³/mol. The fourth-order valence-electron chi connectivity index (χ4n) is 1.96. The molecule has 16 heavy (non-hydrogen) atoms. The number of hydrogen-bond donors (Lipinski definition) is 1. The zero-order valence-corrected chi connectivity index (χ0v) is 9.80. The first kappa shape index (κ1) is 11.3. The van der Waals surface area contributed by atoms with Crippen molar-refractivity contribution < 1.29 is 0 Å². The van der Waals surface area contributed by atoms with Gasteiger partial charge in [-0.3, -0.25) is 0 Å². The van der Waals surface area contributed by atoms with Gasteiger partial charge in [0.2, 0.25) is 0 Å². The maximum absolute atomic E-state index is 9.09. The molecule has 3 nitrogen and oxygen atoms in total. The molecule has 0 radical (unpaired) electrons. The summed E-state index contributed by atoms with van der Waals surface area (Å²) in [5, 5.41) is 13.1. The van der Waals surface area contributed by atoms with E-state index < -0.39 is 0 Å². The van der Waals surface area contributed by atoms with Crippen LogP contribution in [0, 0.1) is 11.3 Å². The SMILES string of the molecule is N#Cc1cc(Cl)ccc1N1CCCNCC1. The highest BCUT2D eigenvalue weighted by Gasteiger charge is 2.13. The van der Waals surface area contributed by atoms with Crippen LogP contribution in [0.3, 0.4) is 0 Å². The number of benzene rings is 1.